The van der Waals surface area contributed by atoms with Gasteiger partial charge in [0.05, 0.1) is 10.5 Å². The second kappa shape index (κ2) is 5.09. The SMILES string of the molecule is CN=C(SC)c1c(F)c(F)c(F)c(F)c1S. The van der Waals surface area contributed by atoms with E-state index >= 15 is 0 Å². The van der Waals surface area contributed by atoms with Crippen LogP contribution in [-0.4, -0.2) is 18.3 Å². The van der Waals surface area contributed by atoms with Gasteiger partial charge in [0, 0.05) is 7.05 Å². The molecule has 0 saturated carbocycles. The Kier molecular flexibility index (Phi) is 4.26. The number of hydrogen-bond acceptors (Lipinski definition) is 3. The molecule has 1 aromatic carbocycles. The van der Waals surface area contributed by atoms with E-state index < -0.39 is 33.7 Å². The minimum Gasteiger partial charge on any atom is -0.281 e. The van der Waals surface area contributed by atoms with Gasteiger partial charge in [-0.15, -0.1) is 24.4 Å². The topological polar surface area (TPSA) is 12.4 Å². The van der Waals surface area contributed by atoms with Crippen molar-refractivity contribution >= 4 is 29.4 Å². The first-order valence-corrected chi connectivity index (χ1v) is 5.68. The lowest BCUT2D eigenvalue weighted by Gasteiger charge is -2.10. The summed E-state index contributed by atoms with van der Waals surface area (Å²) in [6.07, 6.45) is 1.55. The monoisotopic (exact) mass is 269 g/mol. The Balaban J connectivity index is 3.64. The summed E-state index contributed by atoms with van der Waals surface area (Å²) in [5.74, 6) is -6.74. The van der Waals surface area contributed by atoms with Crippen LogP contribution in [0, 0.1) is 23.3 Å². The number of nitrogens with zero attached hydrogens (tertiary/aromatic N) is 1. The predicted octanol–water partition coefficient (Wildman–Crippen LogP) is 3.27. The van der Waals surface area contributed by atoms with Crippen molar-refractivity contribution < 1.29 is 17.6 Å². The molecule has 0 saturated heterocycles. The summed E-state index contributed by atoms with van der Waals surface area (Å²) in [5, 5.41) is 0.0419. The standard InChI is InChI=1S/C9H7F4NS2/c1-14-9(16-2)3-4(10)5(11)6(12)7(13)8(3)15/h15H,1-2H3. The fourth-order valence-corrected chi connectivity index (χ4v) is 2.08. The highest BCUT2D eigenvalue weighted by Crippen LogP contribution is 2.29. The summed E-state index contributed by atoms with van der Waals surface area (Å²) >= 11 is 4.61. The average molecular weight is 269 g/mol. The molecule has 0 unspecified atom stereocenters. The Morgan fingerprint density at radius 1 is 1.06 bits per heavy atom. The maximum atomic E-state index is 13.4. The lowest BCUT2D eigenvalue weighted by molar-refractivity contribution is 0.398. The quantitative estimate of drug-likeness (QED) is 0.206. The summed E-state index contributed by atoms with van der Waals surface area (Å²) in [6, 6.07) is 0. The van der Waals surface area contributed by atoms with Gasteiger partial charge in [0.25, 0.3) is 0 Å². The van der Waals surface area contributed by atoms with Crippen molar-refractivity contribution in [2.24, 2.45) is 4.99 Å². The molecule has 0 N–H and O–H groups in total. The van der Waals surface area contributed by atoms with Crippen LogP contribution < -0.4 is 0 Å². The van der Waals surface area contributed by atoms with Crippen LogP contribution in [0.4, 0.5) is 17.6 Å². The molecule has 0 amide bonds. The Hall–Kier alpha value is -0.690. The van der Waals surface area contributed by atoms with Crippen LogP contribution in [0.2, 0.25) is 0 Å². The zero-order chi connectivity index (χ0) is 12.5. The maximum Gasteiger partial charge on any atom is 0.198 e. The Morgan fingerprint density at radius 3 is 2.00 bits per heavy atom. The molecule has 7 heteroatoms. The number of hydrogen-bond donors (Lipinski definition) is 1. The van der Waals surface area contributed by atoms with E-state index in [2.05, 4.69) is 17.6 Å². The Labute approximate surface area is 99.4 Å². The van der Waals surface area contributed by atoms with E-state index in [0.717, 1.165) is 11.8 Å². The molecule has 0 radical (unpaired) electrons. The summed E-state index contributed by atoms with van der Waals surface area (Å²) in [6.45, 7) is 0. The second-order valence-corrected chi connectivity index (χ2v) is 3.95. The van der Waals surface area contributed by atoms with Gasteiger partial charge in [-0.3, -0.25) is 4.99 Å². The second-order valence-electron chi connectivity index (χ2n) is 2.71. The summed E-state index contributed by atoms with van der Waals surface area (Å²) in [5.41, 5.74) is -0.463. The summed E-state index contributed by atoms with van der Waals surface area (Å²) in [7, 11) is 1.33. The van der Waals surface area contributed by atoms with Crippen LogP contribution in [-0.2, 0) is 0 Å². The summed E-state index contributed by atoms with van der Waals surface area (Å²) in [4.78, 5) is 3.05. The largest absolute Gasteiger partial charge is 0.281 e. The molecular weight excluding hydrogens is 262 g/mol. The Morgan fingerprint density at radius 2 is 1.56 bits per heavy atom. The third-order valence-electron chi connectivity index (χ3n) is 1.85. The van der Waals surface area contributed by atoms with Crippen molar-refractivity contribution in [1.82, 2.24) is 0 Å². The molecule has 0 aliphatic rings. The lowest BCUT2D eigenvalue weighted by Crippen LogP contribution is -2.08. The number of rotatable bonds is 1. The number of thioether (sulfide) groups is 1. The molecule has 16 heavy (non-hydrogen) atoms. The highest BCUT2D eigenvalue weighted by atomic mass is 32.2. The average Bonchev–Trinajstić information content (AvgIpc) is 2.29. The molecule has 0 heterocycles. The van der Waals surface area contributed by atoms with Crippen LogP contribution in [0.1, 0.15) is 5.56 Å². The van der Waals surface area contributed by atoms with Crippen molar-refractivity contribution in [2.45, 2.75) is 4.90 Å². The first kappa shape index (κ1) is 13.4. The van der Waals surface area contributed by atoms with E-state index in [9.17, 15) is 17.6 Å². The normalized spacial score (nSPS) is 12.1. The minimum atomic E-state index is -1.87. The van der Waals surface area contributed by atoms with E-state index in [1.54, 1.807) is 6.26 Å². The Bertz CT molecular complexity index is 430. The van der Waals surface area contributed by atoms with Gasteiger partial charge in [-0.1, -0.05) is 0 Å². The van der Waals surface area contributed by atoms with Crippen molar-refractivity contribution in [2.75, 3.05) is 13.3 Å². The molecule has 1 nitrogen and oxygen atoms in total. The van der Waals surface area contributed by atoms with E-state index in [1.165, 1.54) is 7.05 Å². The number of benzene rings is 1. The van der Waals surface area contributed by atoms with Gasteiger partial charge in [-0.2, -0.15) is 0 Å². The van der Waals surface area contributed by atoms with Gasteiger partial charge in [0.1, 0.15) is 5.04 Å². The van der Waals surface area contributed by atoms with Crippen molar-refractivity contribution in [3.05, 3.63) is 28.8 Å². The van der Waals surface area contributed by atoms with Crippen LogP contribution in [0.3, 0.4) is 0 Å². The number of aliphatic imine (C=N–C) groups is 1. The number of thiol groups is 1. The first-order chi connectivity index (χ1) is 7.45. The van der Waals surface area contributed by atoms with Crippen LogP contribution in [0.5, 0.6) is 0 Å². The molecule has 1 rings (SSSR count). The molecule has 0 aliphatic heterocycles. The fourth-order valence-electron chi connectivity index (χ4n) is 1.12. The smallest absolute Gasteiger partial charge is 0.198 e. The fraction of sp³-hybridized carbons (Fsp3) is 0.222. The molecular formula is C9H7F4NS2. The van der Waals surface area contributed by atoms with E-state index in [-0.39, 0.29) is 5.04 Å². The van der Waals surface area contributed by atoms with E-state index in [0.29, 0.717) is 0 Å². The number of halogens is 4. The van der Waals surface area contributed by atoms with E-state index in [1.807, 2.05) is 0 Å². The highest BCUT2D eigenvalue weighted by molar-refractivity contribution is 8.13. The van der Waals surface area contributed by atoms with Crippen molar-refractivity contribution in [3.63, 3.8) is 0 Å². The van der Waals surface area contributed by atoms with Gasteiger partial charge in [0.15, 0.2) is 23.3 Å². The molecule has 0 bridgehead atoms. The van der Waals surface area contributed by atoms with Gasteiger partial charge < -0.3 is 0 Å². The first-order valence-electron chi connectivity index (χ1n) is 4.01. The van der Waals surface area contributed by atoms with Crippen molar-refractivity contribution in [3.8, 4) is 0 Å². The van der Waals surface area contributed by atoms with Crippen molar-refractivity contribution in [1.29, 1.82) is 0 Å². The highest BCUT2D eigenvalue weighted by Gasteiger charge is 2.25. The van der Waals surface area contributed by atoms with Crippen LogP contribution in [0.15, 0.2) is 9.89 Å². The van der Waals surface area contributed by atoms with Crippen LogP contribution >= 0.6 is 24.4 Å². The molecule has 1 aromatic rings. The van der Waals surface area contributed by atoms with Gasteiger partial charge >= 0.3 is 0 Å². The van der Waals surface area contributed by atoms with Gasteiger partial charge in [-0.25, -0.2) is 17.6 Å². The third kappa shape index (κ3) is 2.06. The third-order valence-corrected chi connectivity index (χ3v) is 3.05. The molecule has 0 fully saturated rings. The lowest BCUT2D eigenvalue weighted by atomic mass is 10.2. The zero-order valence-corrected chi connectivity index (χ0v) is 10.0. The maximum absolute atomic E-state index is 13.4. The molecule has 0 atom stereocenters. The molecule has 0 spiro atoms. The molecule has 0 aliphatic carbocycles. The molecule has 0 aromatic heterocycles. The summed E-state index contributed by atoms with van der Waals surface area (Å²) < 4.78 is 52.3. The predicted molar refractivity (Wildman–Crippen MR) is 59.5 cm³/mol. The van der Waals surface area contributed by atoms with E-state index in [4.69, 9.17) is 0 Å². The van der Waals surface area contributed by atoms with Gasteiger partial charge in [0.2, 0.25) is 0 Å². The van der Waals surface area contributed by atoms with Crippen LogP contribution in [0.25, 0.3) is 0 Å². The van der Waals surface area contributed by atoms with Gasteiger partial charge in [-0.05, 0) is 6.26 Å². The zero-order valence-electron chi connectivity index (χ0n) is 8.31. The minimum absolute atomic E-state index is 0.0419. The molecule has 88 valence electrons.